The summed E-state index contributed by atoms with van der Waals surface area (Å²) >= 11 is 0. The monoisotopic (exact) mass is 430 g/mol. The fraction of sp³-hybridized carbons (Fsp3) is 0.320. The van der Waals surface area contributed by atoms with E-state index < -0.39 is 0 Å². The Labute approximate surface area is 187 Å². The lowest BCUT2D eigenvalue weighted by atomic mass is 9.93. The summed E-state index contributed by atoms with van der Waals surface area (Å²) in [5, 5.41) is 17.6. The molecule has 0 aliphatic carbocycles. The highest BCUT2D eigenvalue weighted by molar-refractivity contribution is 5.96. The van der Waals surface area contributed by atoms with Crippen molar-refractivity contribution >= 4 is 5.78 Å². The van der Waals surface area contributed by atoms with Crippen molar-refractivity contribution in [2.24, 2.45) is 7.05 Å². The van der Waals surface area contributed by atoms with Gasteiger partial charge >= 0.3 is 0 Å². The molecule has 1 aliphatic rings. The third-order valence-corrected chi connectivity index (χ3v) is 5.46. The van der Waals surface area contributed by atoms with Crippen LogP contribution in [0.3, 0.4) is 0 Å². The van der Waals surface area contributed by atoms with Gasteiger partial charge in [-0.15, -0.1) is 0 Å². The fourth-order valence-corrected chi connectivity index (χ4v) is 3.80. The summed E-state index contributed by atoms with van der Waals surface area (Å²) in [7, 11) is 1.84. The van der Waals surface area contributed by atoms with E-state index in [0.717, 1.165) is 29.8 Å². The molecule has 1 aliphatic heterocycles. The van der Waals surface area contributed by atoms with Crippen molar-refractivity contribution in [3.05, 3.63) is 65.0 Å². The standard InChI is InChI=1S/C25H26N4O3/c1-3-9-27-16-19-14-22(28-29(19)2)23(30)12-17-5-4-6-20(21(17)15-26)18-7-8-24-25(13-18)32-11-10-31-24/h4-8,13-14,27H,3,9-12,16H2,1-2H3. The predicted octanol–water partition coefficient (Wildman–Crippen LogP) is 3.65. The quantitative estimate of drug-likeness (QED) is 0.433. The summed E-state index contributed by atoms with van der Waals surface area (Å²) < 4.78 is 13.0. The lowest BCUT2D eigenvalue weighted by Gasteiger charge is -2.19. The van der Waals surface area contributed by atoms with Crippen molar-refractivity contribution in [2.45, 2.75) is 26.3 Å². The molecule has 0 saturated heterocycles. The number of rotatable bonds is 8. The number of benzene rings is 2. The van der Waals surface area contributed by atoms with Gasteiger partial charge in [0, 0.05) is 20.0 Å². The Kier molecular flexibility index (Phi) is 6.52. The van der Waals surface area contributed by atoms with Crippen molar-refractivity contribution in [1.82, 2.24) is 15.1 Å². The summed E-state index contributed by atoms with van der Waals surface area (Å²) in [4.78, 5) is 13.0. The first-order chi connectivity index (χ1) is 15.6. The van der Waals surface area contributed by atoms with Crippen LogP contribution < -0.4 is 14.8 Å². The van der Waals surface area contributed by atoms with Gasteiger partial charge in [-0.3, -0.25) is 9.48 Å². The van der Waals surface area contributed by atoms with Crippen molar-refractivity contribution in [3.63, 3.8) is 0 Å². The number of aryl methyl sites for hydroxylation is 1. The predicted molar refractivity (Wildman–Crippen MR) is 121 cm³/mol. The molecule has 32 heavy (non-hydrogen) atoms. The van der Waals surface area contributed by atoms with E-state index in [1.54, 1.807) is 4.68 Å². The van der Waals surface area contributed by atoms with Crippen LogP contribution in [-0.2, 0) is 20.0 Å². The zero-order valence-electron chi connectivity index (χ0n) is 18.4. The van der Waals surface area contributed by atoms with Gasteiger partial charge in [-0.2, -0.15) is 10.4 Å². The van der Waals surface area contributed by atoms with Gasteiger partial charge in [0.15, 0.2) is 17.3 Å². The van der Waals surface area contributed by atoms with E-state index in [0.29, 0.717) is 48.1 Å². The molecule has 164 valence electrons. The Bertz CT molecular complexity index is 1180. The van der Waals surface area contributed by atoms with Crippen LogP contribution in [0.25, 0.3) is 11.1 Å². The second kappa shape index (κ2) is 9.67. The number of hydrogen-bond acceptors (Lipinski definition) is 6. The maximum atomic E-state index is 13.0. The van der Waals surface area contributed by atoms with Gasteiger partial charge in [0.2, 0.25) is 0 Å². The minimum absolute atomic E-state index is 0.111. The number of carbonyl (C=O) groups excluding carboxylic acids is 1. The number of hydrogen-bond donors (Lipinski definition) is 1. The minimum Gasteiger partial charge on any atom is -0.486 e. The highest BCUT2D eigenvalue weighted by Crippen LogP contribution is 2.36. The molecule has 1 N–H and O–H groups in total. The molecule has 4 rings (SSSR count). The fourth-order valence-electron chi connectivity index (χ4n) is 3.80. The van der Waals surface area contributed by atoms with Gasteiger partial charge in [0.05, 0.1) is 11.3 Å². The number of ether oxygens (including phenoxy) is 2. The summed E-state index contributed by atoms with van der Waals surface area (Å²) in [5.41, 5.74) is 4.14. The van der Waals surface area contributed by atoms with Crippen LogP contribution in [0.2, 0.25) is 0 Å². The topological polar surface area (TPSA) is 89.2 Å². The van der Waals surface area contributed by atoms with E-state index in [4.69, 9.17) is 9.47 Å². The molecule has 7 heteroatoms. The highest BCUT2D eigenvalue weighted by Gasteiger charge is 2.19. The SMILES string of the molecule is CCCNCc1cc(C(=O)Cc2cccc(-c3ccc4c(c3)OCCO4)c2C#N)nn1C. The summed E-state index contributed by atoms with van der Waals surface area (Å²) in [5.74, 6) is 1.25. The van der Waals surface area contributed by atoms with E-state index in [9.17, 15) is 10.1 Å². The molecule has 0 bridgehead atoms. The molecular weight excluding hydrogens is 404 g/mol. The first kappa shape index (κ1) is 21.6. The van der Waals surface area contributed by atoms with Crippen LogP contribution in [-0.4, -0.2) is 35.3 Å². The van der Waals surface area contributed by atoms with Crippen molar-refractivity contribution in [3.8, 4) is 28.7 Å². The third-order valence-electron chi connectivity index (χ3n) is 5.46. The van der Waals surface area contributed by atoms with Crippen molar-refractivity contribution in [2.75, 3.05) is 19.8 Å². The minimum atomic E-state index is -0.113. The number of Topliss-reactive ketones (excluding diaryl/α,β-unsaturated/α-hetero) is 1. The normalized spacial score (nSPS) is 12.4. The number of nitrogens with one attached hydrogen (secondary N) is 1. The number of aromatic nitrogens is 2. The third kappa shape index (κ3) is 4.51. The average Bonchev–Trinajstić information content (AvgIpc) is 3.19. The Balaban J connectivity index is 1.58. The van der Waals surface area contributed by atoms with Crippen LogP contribution in [0, 0.1) is 11.3 Å². The van der Waals surface area contributed by atoms with Crippen LogP contribution >= 0.6 is 0 Å². The van der Waals surface area contributed by atoms with E-state index in [1.165, 1.54) is 0 Å². The smallest absolute Gasteiger partial charge is 0.187 e. The molecule has 2 aromatic carbocycles. The second-order valence-electron chi connectivity index (χ2n) is 7.73. The molecule has 0 atom stereocenters. The number of nitrogens with zero attached hydrogens (tertiary/aromatic N) is 3. The van der Waals surface area contributed by atoms with E-state index in [2.05, 4.69) is 23.4 Å². The van der Waals surface area contributed by atoms with Gasteiger partial charge in [-0.25, -0.2) is 0 Å². The maximum Gasteiger partial charge on any atom is 0.187 e. The van der Waals surface area contributed by atoms with Gasteiger partial charge in [0.25, 0.3) is 0 Å². The van der Waals surface area contributed by atoms with Gasteiger partial charge < -0.3 is 14.8 Å². The first-order valence-corrected chi connectivity index (χ1v) is 10.8. The molecule has 1 aromatic heterocycles. The Morgan fingerprint density at radius 2 is 2.00 bits per heavy atom. The number of carbonyl (C=O) groups is 1. The molecule has 0 saturated carbocycles. The van der Waals surface area contributed by atoms with E-state index in [1.807, 2.05) is 49.5 Å². The molecule has 0 unspecified atom stereocenters. The zero-order chi connectivity index (χ0) is 22.5. The summed E-state index contributed by atoms with van der Waals surface area (Å²) in [6, 6.07) is 15.3. The Morgan fingerprint density at radius 1 is 1.19 bits per heavy atom. The van der Waals surface area contributed by atoms with Crippen LogP contribution in [0.4, 0.5) is 0 Å². The number of fused-ring (bicyclic) bond motifs is 1. The molecule has 2 heterocycles. The summed E-state index contributed by atoms with van der Waals surface area (Å²) in [6.07, 6.45) is 1.15. The first-order valence-electron chi connectivity index (χ1n) is 10.8. The van der Waals surface area contributed by atoms with Crippen molar-refractivity contribution < 1.29 is 14.3 Å². The lowest BCUT2D eigenvalue weighted by molar-refractivity contribution is 0.0987. The molecule has 0 spiro atoms. The second-order valence-corrected chi connectivity index (χ2v) is 7.73. The van der Waals surface area contributed by atoms with Crippen LogP contribution in [0.5, 0.6) is 11.5 Å². The molecular formula is C25H26N4O3. The maximum absolute atomic E-state index is 13.0. The van der Waals surface area contributed by atoms with Crippen LogP contribution in [0.1, 0.15) is 40.7 Å². The average molecular weight is 431 g/mol. The molecule has 0 fully saturated rings. The van der Waals surface area contributed by atoms with Gasteiger partial charge in [-0.05, 0) is 47.9 Å². The number of ketones is 1. The summed E-state index contributed by atoms with van der Waals surface area (Å²) in [6.45, 7) is 4.70. The van der Waals surface area contributed by atoms with Gasteiger partial charge in [0.1, 0.15) is 25.0 Å². The van der Waals surface area contributed by atoms with E-state index in [-0.39, 0.29) is 12.2 Å². The lowest BCUT2D eigenvalue weighted by Crippen LogP contribution is -2.16. The molecule has 0 amide bonds. The zero-order valence-corrected chi connectivity index (χ0v) is 18.4. The molecule has 7 nitrogen and oxygen atoms in total. The largest absolute Gasteiger partial charge is 0.486 e. The Morgan fingerprint density at radius 3 is 2.78 bits per heavy atom. The molecule has 3 aromatic rings. The van der Waals surface area contributed by atoms with Crippen LogP contribution in [0.15, 0.2) is 42.5 Å². The molecule has 0 radical (unpaired) electrons. The van der Waals surface area contributed by atoms with Gasteiger partial charge in [-0.1, -0.05) is 31.2 Å². The highest BCUT2D eigenvalue weighted by atomic mass is 16.6. The number of nitriles is 1. The Hall–Kier alpha value is -3.63. The van der Waals surface area contributed by atoms with E-state index >= 15 is 0 Å². The van der Waals surface area contributed by atoms with Crippen molar-refractivity contribution in [1.29, 1.82) is 5.26 Å².